The molecule has 0 aliphatic carbocycles. The van der Waals surface area contributed by atoms with Crippen LogP contribution in [-0.4, -0.2) is 40.8 Å². The Bertz CT molecular complexity index is 1490. The smallest absolute Gasteiger partial charge is 0.256 e. The predicted molar refractivity (Wildman–Crippen MR) is 155 cm³/mol. The normalized spacial score (nSPS) is 13.5. The molecule has 1 aliphatic rings. The molecule has 0 unspecified atom stereocenters. The maximum atomic E-state index is 13.8. The Morgan fingerprint density at radius 2 is 1.75 bits per heavy atom. The summed E-state index contributed by atoms with van der Waals surface area (Å²) < 4.78 is 13.8. The maximum absolute atomic E-state index is 13.8. The van der Waals surface area contributed by atoms with E-state index in [-0.39, 0.29) is 17.7 Å². The van der Waals surface area contributed by atoms with Crippen molar-refractivity contribution in [3.63, 3.8) is 0 Å². The first-order chi connectivity index (χ1) is 19.2. The molecule has 0 bridgehead atoms. The number of anilines is 1. The number of carbonyl (C=O) groups is 3. The highest BCUT2D eigenvalue weighted by Gasteiger charge is 2.26. The highest BCUT2D eigenvalue weighted by Crippen LogP contribution is 2.34. The number of aryl methyl sites for hydroxylation is 2. The molecule has 3 aromatic rings. The number of rotatable bonds is 11. The van der Waals surface area contributed by atoms with Crippen molar-refractivity contribution in [2.24, 2.45) is 0 Å². The summed E-state index contributed by atoms with van der Waals surface area (Å²) in [6.07, 6.45) is 10.2. The third kappa shape index (κ3) is 7.11. The standard InChI is InChI=1S/C31H34FN5O3/c1-19-16-22(12-15-33-19)8-11-28(38)34-13-6-4-5-7-14-35-31(40)29-20(2)27(36-21(29)3)18-25-24-17-23(32)9-10-26(24)37-30(25)39/h8-12,15-18,36H,4-7,13-14H2,1-3H3,(H,34,38)(H,35,40)(H,37,39)/b11-8+,25-18?. The summed E-state index contributed by atoms with van der Waals surface area (Å²) in [5.74, 6) is -1.04. The first-order valence-corrected chi connectivity index (χ1v) is 13.4. The quantitative estimate of drug-likeness (QED) is 0.199. The molecular weight excluding hydrogens is 509 g/mol. The molecule has 0 atom stereocenters. The molecule has 0 saturated heterocycles. The number of halogens is 1. The molecule has 1 aliphatic heterocycles. The van der Waals surface area contributed by atoms with Gasteiger partial charge in [0.2, 0.25) is 5.91 Å². The van der Waals surface area contributed by atoms with Crippen LogP contribution in [0.2, 0.25) is 0 Å². The molecule has 40 heavy (non-hydrogen) atoms. The molecule has 0 saturated carbocycles. The van der Waals surface area contributed by atoms with Gasteiger partial charge in [0.25, 0.3) is 11.8 Å². The van der Waals surface area contributed by atoms with Gasteiger partial charge in [-0.2, -0.15) is 0 Å². The van der Waals surface area contributed by atoms with Crippen LogP contribution in [0.3, 0.4) is 0 Å². The number of nitrogens with one attached hydrogen (secondary N) is 4. The lowest BCUT2D eigenvalue weighted by molar-refractivity contribution is -0.116. The maximum Gasteiger partial charge on any atom is 0.256 e. The third-order valence-corrected chi connectivity index (χ3v) is 6.79. The van der Waals surface area contributed by atoms with Crippen LogP contribution in [0.1, 0.15) is 69.8 Å². The Morgan fingerprint density at radius 3 is 2.50 bits per heavy atom. The minimum Gasteiger partial charge on any atom is -0.358 e. The summed E-state index contributed by atoms with van der Waals surface area (Å²) in [7, 11) is 0. The van der Waals surface area contributed by atoms with Gasteiger partial charge in [-0.05, 0) is 87.2 Å². The Morgan fingerprint density at radius 1 is 1.00 bits per heavy atom. The van der Waals surface area contributed by atoms with Crippen LogP contribution in [0.4, 0.5) is 10.1 Å². The number of hydrogen-bond donors (Lipinski definition) is 4. The molecule has 0 radical (unpaired) electrons. The van der Waals surface area contributed by atoms with Gasteiger partial charge >= 0.3 is 0 Å². The number of benzene rings is 1. The SMILES string of the molecule is Cc1cc(/C=C/C(=O)NCCCCCCNC(=O)c2c(C)[nH]c(C=C3C(=O)Nc4ccc(F)cc43)c2C)ccn1. The van der Waals surface area contributed by atoms with Crippen LogP contribution in [0.5, 0.6) is 0 Å². The molecule has 0 spiro atoms. The Balaban J connectivity index is 1.19. The molecule has 3 heterocycles. The first-order valence-electron chi connectivity index (χ1n) is 13.4. The lowest BCUT2D eigenvalue weighted by atomic mass is 10.0. The minimum atomic E-state index is -0.422. The van der Waals surface area contributed by atoms with E-state index in [2.05, 4.69) is 25.9 Å². The van der Waals surface area contributed by atoms with E-state index in [1.54, 1.807) is 18.3 Å². The molecule has 8 nitrogen and oxygen atoms in total. The lowest BCUT2D eigenvalue weighted by Crippen LogP contribution is -2.25. The number of pyridine rings is 1. The molecule has 0 fully saturated rings. The van der Waals surface area contributed by atoms with Gasteiger partial charge in [0, 0.05) is 53.7 Å². The number of hydrogen-bond acceptors (Lipinski definition) is 4. The van der Waals surface area contributed by atoms with E-state index in [0.29, 0.717) is 46.9 Å². The van der Waals surface area contributed by atoms with E-state index in [1.165, 1.54) is 24.3 Å². The van der Waals surface area contributed by atoms with E-state index >= 15 is 0 Å². The molecule has 9 heteroatoms. The molecule has 1 aromatic carbocycles. The van der Waals surface area contributed by atoms with E-state index in [1.807, 2.05) is 32.9 Å². The summed E-state index contributed by atoms with van der Waals surface area (Å²) >= 11 is 0. The van der Waals surface area contributed by atoms with Crippen LogP contribution in [0, 0.1) is 26.6 Å². The van der Waals surface area contributed by atoms with Crippen molar-refractivity contribution in [3.8, 4) is 0 Å². The monoisotopic (exact) mass is 543 g/mol. The molecule has 208 valence electrons. The van der Waals surface area contributed by atoms with Gasteiger partial charge < -0.3 is 20.9 Å². The molecule has 2 aromatic heterocycles. The molecule has 4 N–H and O–H groups in total. The summed E-state index contributed by atoms with van der Waals surface area (Å²) in [5, 5.41) is 8.60. The van der Waals surface area contributed by atoms with Crippen LogP contribution >= 0.6 is 0 Å². The van der Waals surface area contributed by atoms with Gasteiger partial charge in [-0.1, -0.05) is 12.8 Å². The molecule has 3 amide bonds. The summed E-state index contributed by atoms with van der Waals surface area (Å²) in [6.45, 7) is 6.68. The number of nitrogens with zero attached hydrogens (tertiary/aromatic N) is 1. The number of aromatic nitrogens is 2. The number of carbonyl (C=O) groups excluding carboxylic acids is 3. The number of fused-ring (bicyclic) bond motifs is 1. The Hall–Kier alpha value is -4.53. The van der Waals surface area contributed by atoms with Crippen molar-refractivity contribution in [3.05, 3.63) is 87.8 Å². The highest BCUT2D eigenvalue weighted by molar-refractivity contribution is 6.34. The Kier molecular flexibility index (Phi) is 9.27. The van der Waals surface area contributed by atoms with Crippen molar-refractivity contribution in [1.82, 2.24) is 20.6 Å². The average Bonchev–Trinajstić information content (AvgIpc) is 3.38. The van der Waals surface area contributed by atoms with E-state index in [4.69, 9.17) is 0 Å². The lowest BCUT2D eigenvalue weighted by Gasteiger charge is -2.07. The molecular formula is C31H34FN5O3. The van der Waals surface area contributed by atoms with Crippen LogP contribution in [0.15, 0.2) is 42.6 Å². The van der Waals surface area contributed by atoms with Gasteiger partial charge in [-0.25, -0.2) is 4.39 Å². The van der Waals surface area contributed by atoms with Crippen molar-refractivity contribution < 1.29 is 18.8 Å². The number of H-pyrrole nitrogens is 1. The largest absolute Gasteiger partial charge is 0.358 e. The fourth-order valence-electron chi connectivity index (χ4n) is 4.71. The van der Waals surface area contributed by atoms with Gasteiger partial charge in [0.1, 0.15) is 5.82 Å². The fraction of sp³-hybridized carbons (Fsp3) is 0.290. The summed E-state index contributed by atoms with van der Waals surface area (Å²) in [5.41, 5.74) is 5.85. The Labute approximate surface area is 233 Å². The summed E-state index contributed by atoms with van der Waals surface area (Å²) in [6, 6.07) is 7.93. The summed E-state index contributed by atoms with van der Waals surface area (Å²) in [4.78, 5) is 44.7. The van der Waals surface area contributed by atoms with Crippen LogP contribution < -0.4 is 16.0 Å². The van der Waals surface area contributed by atoms with E-state index < -0.39 is 5.82 Å². The second-order valence-corrected chi connectivity index (χ2v) is 9.89. The fourth-order valence-corrected chi connectivity index (χ4v) is 4.71. The average molecular weight is 544 g/mol. The topological polar surface area (TPSA) is 116 Å². The number of amides is 3. The second kappa shape index (κ2) is 13.0. The van der Waals surface area contributed by atoms with Crippen LogP contribution in [-0.2, 0) is 9.59 Å². The van der Waals surface area contributed by atoms with Crippen LogP contribution in [0.25, 0.3) is 17.7 Å². The zero-order chi connectivity index (χ0) is 28.6. The van der Waals surface area contributed by atoms with Crippen molar-refractivity contribution >= 4 is 41.1 Å². The van der Waals surface area contributed by atoms with Gasteiger partial charge in [0.05, 0.1) is 11.1 Å². The van der Waals surface area contributed by atoms with Crippen molar-refractivity contribution in [2.45, 2.75) is 46.5 Å². The third-order valence-electron chi connectivity index (χ3n) is 6.79. The second-order valence-electron chi connectivity index (χ2n) is 9.89. The van der Waals surface area contributed by atoms with Gasteiger partial charge in [-0.15, -0.1) is 0 Å². The highest BCUT2D eigenvalue weighted by atomic mass is 19.1. The predicted octanol–water partition coefficient (Wildman–Crippen LogP) is 5.09. The zero-order valence-electron chi connectivity index (χ0n) is 23.0. The van der Waals surface area contributed by atoms with E-state index in [9.17, 15) is 18.8 Å². The van der Waals surface area contributed by atoms with Crippen molar-refractivity contribution in [1.29, 1.82) is 0 Å². The number of aromatic amines is 1. The minimum absolute atomic E-state index is 0.126. The molecule has 4 rings (SSSR count). The van der Waals surface area contributed by atoms with Crippen molar-refractivity contribution in [2.75, 3.05) is 18.4 Å². The van der Waals surface area contributed by atoms with Gasteiger partial charge in [0.15, 0.2) is 0 Å². The number of unbranched alkanes of at least 4 members (excludes halogenated alkanes) is 3. The zero-order valence-corrected chi connectivity index (χ0v) is 23.0. The van der Waals surface area contributed by atoms with E-state index in [0.717, 1.165) is 42.5 Å². The van der Waals surface area contributed by atoms with Gasteiger partial charge in [-0.3, -0.25) is 19.4 Å². The first kappa shape index (κ1) is 28.5.